The molecule has 0 spiro atoms. The predicted molar refractivity (Wildman–Crippen MR) is 231 cm³/mol. The Hall–Kier alpha value is -7.17. The highest BCUT2D eigenvalue weighted by Gasteiger charge is 2.36. The smallest absolute Gasteiger partial charge is 0.159 e. The van der Waals surface area contributed by atoms with Gasteiger partial charge in [-0.3, -0.25) is 4.57 Å². The van der Waals surface area contributed by atoms with Gasteiger partial charge in [0.1, 0.15) is 11.4 Å². The van der Waals surface area contributed by atoms with E-state index in [2.05, 4.69) is 187 Å². The lowest BCUT2D eigenvalue weighted by Gasteiger charge is -2.21. The van der Waals surface area contributed by atoms with Crippen LogP contribution < -0.4 is 0 Å². The van der Waals surface area contributed by atoms with Crippen molar-refractivity contribution in [3.63, 3.8) is 0 Å². The third-order valence-electron chi connectivity index (χ3n) is 12.1. The molecule has 0 fully saturated rings. The van der Waals surface area contributed by atoms with Crippen LogP contribution in [0.2, 0.25) is 0 Å². The molecular formula is C52H35N3O. The fourth-order valence-electron chi connectivity index (χ4n) is 9.53. The highest BCUT2D eigenvalue weighted by atomic mass is 16.3. The van der Waals surface area contributed by atoms with Crippen molar-refractivity contribution in [1.29, 1.82) is 0 Å². The molecule has 0 atom stereocenters. The van der Waals surface area contributed by atoms with Crippen LogP contribution in [0.4, 0.5) is 0 Å². The third-order valence-corrected chi connectivity index (χ3v) is 12.1. The topological polar surface area (TPSA) is 35.9 Å². The number of hydrogen-bond acceptors (Lipinski definition) is 2. The SMILES string of the molecule is CC1(C)c2ccccc2-c2cc3c4ccccc4n(-c4cccc5c4oc4cccc(-c6ccc(-c7nc8ccccc8n7-c7ccccc7)cc6)c45)c3cc21. The average molecular weight is 718 g/mol. The standard InChI is InChI=1S/C52H35N3O/c1-52(2)41-20-8-6-16-36(41)39-30-40-37-17-7-10-22-44(37)55(47(40)31-42(39)52)46-24-12-19-38-49-35(18-13-25-48(49)56-50(38)46)32-26-28-33(29-27-32)51-53-43-21-9-11-23-45(43)54(51)34-14-4-3-5-15-34/h3-31H,1-2H3. The minimum absolute atomic E-state index is 0.106. The molecule has 4 heteroatoms. The van der Waals surface area contributed by atoms with E-state index in [9.17, 15) is 0 Å². The van der Waals surface area contributed by atoms with E-state index >= 15 is 0 Å². The number of aromatic nitrogens is 3. The maximum absolute atomic E-state index is 6.91. The summed E-state index contributed by atoms with van der Waals surface area (Å²) in [4.78, 5) is 5.10. The quantitative estimate of drug-likeness (QED) is 0.182. The zero-order valence-corrected chi connectivity index (χ0v) is 31.0. The van der Waals surface area contributed by atoms with Gasteiger partial charge in [-0.2, -0.15) is 0 Å². The van der Waals surface area contributed by atoms with Crippen molar-refractivity contribution in [2.75, 3.05) is 0 Å². The molecule has 0 unspecified atom stereocenters. The van der Waals surface area contributed by atoms with Gasteiger partial charge >= 0.3 is 0 Å². The number of furan rings is 1. The lowest BCUT2D eigenvalue weighted by molar-refractivity contribution is 0.660. The van der Waals surface area contributed by atoms with E-state index in [0.29, 0.717) is 0 Å². The van der Waals surface area contributed by atoms with E-state index in [1.165, 1.54) is 44.1 Å². The van der Waals surface area contributed by atoms with Gasteiger partial charge in [-0.15, -0.1) is 0 Å². The van der Waals surface area contributed by atoms with Crippen LogP contribution in [-0.4, -0.2) is 14.1 Å². The molecule has 0 N–H and O–H groups in total. The molecule has 3 heterocycles. The first-order valence-electron chi connectivity index (χ1n) is 19.3. The number of imidazole rings is 1. The van der Waals surface area contributed by atoms with Crippen LogP contribution in [0.15, 0.2) is 180 Å². The zero-order valence-electron chi connectivity index (χ0n) is 31.0. The summed E-state index contributed by atoms with van der Waals surface area (Å²) in [6.45, 7) is 4.70. The molecule has 56 heavy (non-hydrogen) atoms. The summed E-state index contributed by atoms with van der Waals surface area (Å²) in [5, 5.41) is 4.71. The highest BCUT2D eigenvalue weighted by Crippen LogP contribution is 2.51. The van der Waals surface area contributed by atoms with Crippen LogP contribution in [0.25, 0.3) is 99.8 Å². The summed E-state index contributed by atoms with van der Waals surface area (Å²) in [6.07, 6.45) is 0. The molecule has 1 aliphatic carbocycles. The summed E-state index contributed by atoms with van der Waals surface area (Å²) in [7, 11) is 0. The third kappa shape index (κ3) is 4.27. The Bertz CT molecular complexity index is 3380. The van der Waals surface area contributed by atoms with Gasteiger partial charge in [0.05, 0.1) is 27.8 Å². The Morgan fingerprint density at radius 1 is 0.482 bits per heavy atom. The predicted octanol–water partition coefficient (Wildman–Crippen LogP) is 13.7. The monoisotopic (exact) mass is 717 g/mol. The molecule has 0 aliphatic heterocycles. The largest absolute Gasteiger partial charge is 0.454 e. The summed E-state index contributed by atoms with van der Waals surface area (Å²) in [5.74, 6) is 0.921. The Morgan fingerprint density at radius 2 is 1.18 bits per heavy atom. The molecule has 0 bridgehead atoms. The fourth-order valence-corrected chi connectivity index (χ4v) is 9.53. The first kappa shape index (κ1) is 31.2. The molecule has 11 aromatic rings. The Balaban J connectivity index is 1.03. The van der Waals surface area contributed by atoms with Crippen molar-refractivity contribution in [2.45, 2.75) is 19.3 Å². The van der Waals surface area contributed by atoms with E-state index < -0.39 is 0 Å². The van der Waals surface area contributed by atoms with Crippen molar-refractivity contribution in [3.05, 3.63) is 187 Å². The van der Waals surface area contributed by atoms with Crippen molar-refractivity contribution < 1.29 is 4.42 Å². The summed E-state index contributed by atoms with van der Waals surface area (Å²) in [5.41, 5.74) is 16.9. The Labute approximate surface area is 323 Å². The van der Waals surface area contributed by atoms with E-state index in [1.807, 2.05) is 12.1 Å². The summed E-state index contributed by atoms with van der Waals surface area (Å²) in [6, 6.07) is 63.1. The molecule has 8 aromatic carbocycles. The van der Waals surface area contributed by atoms with Crippen molar-refractivity contribution in [2.24, 2.45) is 0 Å². The molecule has 4 nitrogen and oxygen atoms in total. The van der Waals surface area contributed by atoms with Gasteiger partial charge in [0, 0.05) is 38.2 Å². The molecule has 0 radical (unpaired) electrons. The first-order chi connectivity index (χ1) is 27.5. The van der Waals surface area contributed by atoms with Gasteiger partial charge in [0.2, 0.25) is 0 Å². The molecule has 0 amide bonds. The second-order valence-corrected chi connectivity index (χ2v) is 15.5. The first-order valence-corrected chi connectivity index (χ1v) is 19.3. The number of para-hydroxylation sites is 5. The molecule has 0 saturated carbocycles. The van der Waals surface area contributed by atoms with Crippen LogP contribution in [0, 0.1) is 0 Å². The second kappa shape index (κ2) is 11.4. The van der Waals surface area contributed by atoms with Crippen LogP contribution in [0.5, 0.6) is 0 Å². The van der Waals surface area contributed by atoms with Gasteiger partial charge in [0.15, 0.2) is 5.58 Å². The molecule has 1 aliphatic rings. The number of benzene rings is 8. The van der Waals surface area contributed by atoms with Crippen LogP contribution >= 0.6 is 0 Å². The zero-order chi connectivity index (χ0) is 37.1. The lowest BCUT2D eigenvalue weighted by Crippen LogP contribution is -2.14. The highest BCUT2D eigenvalue weighted by molar-refractivity contribution is 6.16. The van der Waals surface area contributed by atoms with E-state index in [-0.39, 0.29) is 5.41 Å². The molecular weight excluding hydrogens is 683 g/mol. The van der Waals surface area contributed by atoms with E-state index in [4.69, 9.17) is 9.40 Å². The fraction of sp³-hybridized carbons (Fsp3) is 0.0577. The second-order valence-electron chi connectivity index (χ2n) is 15.5. The Morgan fingerprint density at radius 3 is 2.05 bits per heavy atom. The number of rotatable bonds is 4. The van der Waals surface area contributed by atoms with Gasteiger partial charge in [-0.25, -0.2) is 4.98 Å². The van der Waals surface area contributed by atoms with E-state index in [1.54, 1.807) is 0 Å². The lowest BCUT2D eigenvalue weighted by atomic mass is 9.82. The minimum Gasteiger partial charge on any atom is -0.454 e. The van der Waals surface area contributed by atoms with Crippen LogP contribution in [0.3, 0.4) is 0 Å². The molecule has 12 rings (SSSR count). The number of fused-ring (bicyclic) bond motifs is 10. The average Bonchev–Trinajstić information content (AvgIpc) is 3.98. The van der Waals surface area contributed by atoms with Gasteiger partial charge in [-0.1, -0.05) is 135 Å². The van der Waals surface area contributed by atoms with E-state index in [0.717, 1.165) is 66.9 Å². The van der Waals surface area contributed by atoms with Gasteiger partial charge < -0.3 is 8.98 Å². The van der Waals surface area contributed by atoms with Crippen LogP contribution in [-0.2, 0) is 5.41 Å². The molecule has 0 saturated heterocycles. The van der Waals surface area contributed by atoms with Crippen molar-refractivity contribution >= 4 is 54.8 Å². The summed E-state index contributed by atoms with van der Waals surface area (Å²) < 4.78 is 11.6. The number of hydrogen-bond donors (Lipinski definition) is 0. The summed E-state index contributed by atoms with van der Waals surface area (Å²) >= 11 is 0. The normalized spacial score (nSPS) is 13.3. The van der Waals surface area contributed by atoms with Crippen molar-refractivity contribution in [3.8, 4) is 45.0 Å². The van der Waals surface area contributed by atoms with Gasteiger partial charge in [-0.05, 0) is 88.0 Å². The van der Waals surface area contributed by atoms with Gasteiger partial charge in [0.25, 0.3) is 0 Å². The maximum atomic E-state index is 6.91. The molecule has 264 valence electrons. The van der Waals surface area contributed by atoms with Crippen LogP contribution in [0.1, 0.15) is 25.0 Å². The Kier molecular flexibility index (Phi) is 6.37. The molecule has 3 aromatic heterocycles. The minimum atomic E-state index is -0.106. The maximum Gasteiger partial charge on any atom is 0.159 e. The number of nitrogens with zero attached hydrogens (tertiary/aromatic N) is 3. The van der Waals surface area contributed by atoms with Crippen molar-refractivity contribution in [1.82, 2.24) is 14.1 Å².